The van der Waals surface area contributed by atoms with Gasteiger partial charge < -0.3 is 15.7 Å². The summed E-state index contributed by atoms with van der Waals surface area (Å²) < 4.78 is 0. The standard InChI is InChI=1S/C14H20N2O3/c17-13(18)9-5-11-16-14(19)15-10-4-8-12-6-2-1-3-7-12/h1-3,6-7H,4-5,8-11H2,(H,17,18)(H2,15,16,19). The average Bonchev–Trinajstić information content (AvgIpc) is 2.41. The van der Waals surface area contributed by atoms with Gasteiger partial charge in [0.25, 0.3) is 0 Å². The molecule has 2 amide bonds. The fourth-order valence-electron chi connectivity index (χ4n) is 1.64. The van der Waals surface area contributed by atoms with Crippen LogP contribution in [0.25, 0.3) is 0 Å². The van der Waals surface area contributed by atoms with Gasteiger partial charge in [0.2, 0.25) is 0 Å². The summed E-state index contributed by atoms with van der Waals surface area (Å²) in [6.45, 7) is 0.997. The monoisotopic (exact) mass is 264 g/mol. The maximum absolute atomic E-state index is 11.3. The third-order valence-corrected chi connectivity index (χ3v) is 2.62. The van der Waals surface area contributed by atoms with Crippen LogP contribution >= 0.6 is 0 Å². The third-order valence-electron chi connectivity index (χ3n) is 2.62. The second-order valence-electron chi connectivity index (χ2n) is 4.27. The molecule has 0 saturated carbocycles. The summed E-state index contributed by atoms with van der Waals surface area (Å²) in [5.41, 5.74) is 1.26. The molecule has 0 unspecified atom stereocenters. The van der Waals surface area contributed by atoms with E-state index >= 15 is 0 Å². The number of aliphatic carboxylic acids is 1. The first kappa shape index (κ1) is 15.0. The number of urea groups is 1. The Morgan fingerprint density at radius 3 is 2.26 bits per heavy atom. The molecule has 0 atom stereocenters. The topological polar surface area (TPSA) is 78.4 Å². The fourth-order valence-corrected chi connectivity index (χ4v) is 1.64. The van der Waals surface area contributed by atoms with Crippen LogP contribution in [-0.4, -0.2) is 30.2 Å². The van der Waals surface area contributed by atoms with Gasteiger partial charge >= 0.3 is 12.0 Å². The van der Waals surface area contributed by atoms with E-state index in [1.807, 2.05) is 18.2 Å². The Bertz CT molecular complexity index is 393. The Morgan fingerprint density at radius 1 is 1.00 bits per heavy atom. The summed E-state index contributed by atoms with van der Waals surface area (Å²) in [6.07, 6.45) is 2.34. The number of hydrogen-bond acceptors (Lipinski definition) is 2. The molecule has 0 spiro atoms. The van der Waals surface area contributed by atoms with Gasteiger partial charge in [0.1, 0.15) is 0 Å². The number of aryl methyl sites for hydroxylation is 1. The second kappa shape index (κ2) is 8.97. The van der Waals surface area contributed by atoms with Gasteiger partial charge in [-0.1, -0.05) is 30.3 Å². The molecule has 104 valence electrons. The van der Waals surface area contributed by atoms with Gasteiger partial charge in [-0.15, -0.1) is 0 Å². The van der Waals surface area contributed by atoms with Crippen molar-refractivity contribution in [1.82, 2.24) is 10.6 Å². The SMILES string of the molecule is O=C(O)CCCNC(=O)NCCCc1ccccc1. The number of hydrogen-bond donors (Lipinski definition) is 3. The first-order chi connectivity index (χ1) is 9.18. The van der Waals surface area contributed by atoms with Gasteiger partial charge in [0.05, 0.1) is 0 Å². The molecule has 19 heavy (non-hydrogen) atoms. The molecule has 5 heteroatoms. The molecule has 1 aromatic carbocycles. The molecule has 0 aromatic heterocycles. The molecule has 3 N–H and O–H groups in total. The van der Waals surface area contributed by atoms with Crippen molar-refractivity contribution < 1.29 is 14.7 Å². The fraction of sp³-hybridized carbons (Fsp3) is 0.429. The van der Waals surface area contributed by atoms with Gasteiger partial charge in [-0.2, -0.15) is 0 Å². The maximum Gasteiger partial charge on any atom is 0.314 e. The minimum Gasteiger partial charge on any atom is -0.481 e. The first-order valence-electron chi connectivity index (χ1n) is 6.46. The largest absolute Gasteiger partial charge is 0.481 e. The van der Waals surface area contributed by atoms with Crippen LogP contribution in [0.2, 0.25) is 0 Å². The highest BCUT2D eigenvalue weighted by atomic mass is 16.4. The molecule has 1 rings (SSSR count). The molecular formula is C14H20N2O3. The lowest BCUT2D eigenvalue weighted by Gasteiger charge is -2.07. The van der Waals surface area contributed by atoms with Crippen LogP contribution in [0.1, 0.15) is 24.8 Å². The highest BCUT2D eigenvalue weighted by Crippen LogP contribution is 2.01. The van der Waals surface area contributed by atoms with Crippen molar-refractivity contribution >= 4 is 12.0 Å². The van der Waals surface area contributed by atoms with E-state index in [1.54, 1.807) is 0 Å². The molecule has 0 aliphatic rings. The number of carboxylic acids is 1. The van der Waals surface area contributed by atoms with Crippen LogP contribution in [0.3, 0.4) is 0 Å². The van der Waals surface area contributed by atoms with E-state index in [0.717, 1.165) is 12.8 Å². The first-order valence-corrected chi connectivity index (χ1v) is 6.46. The lowest BCUT2D eigenvalue weighted by Crippen LogP contribution is -2.36. The summed E-state index contributed by atoms with van der Waals surface area (Å²) in [5, 5.41) is 13.8. The predicted molar refractivity (Wildman–Crippen MR) is 73.0 cm³/mol. The Labute approximate surface area is 113 Å². The van der Waals surface area contributed by atoms with Crippen LogP contribution in [0.5, 0.6) is 0 Å². The Kier molecular flexibility index (Phi) is 7.09. The molecule has 0 aliphatic heterocycles. The molecule has 0 heterocycles. The number of carbonyl (C=O) groups excluding carboxylic acids is 1. The third kappa shape index (κ3) is 7.81. The minimum absolute atomic E-state index is 0.0777. The lowest BCUT2D eigenvalue weighted by atomic mass is 10.1. The highest BCUT2D eigenvalue weighted by molar-refractivity contribution is 5.73. The van der Waals surface area contributed by atoms with Crippen molar-refractivity contribution in [2.45, 2.75) is 25.7 Å². The lowest BCUT2D eigenvalue weighted by molar-refractivity contribution is -0.137. The van der Waals surface area contributed by atoms with Crippen molar-refractivity contribution in [3.05, 3.63) is 35.9 Å². The smallest absolute Gasteiger partial charge is 0.314 e. The molecule has 0 aliphatic carbocycles. The Hall–Kier alpha value is -2.04. The van der Waals surface area contributed by atoms with Crippen LogP contribution in [0, 0.1) is 0 Å². The van der Waals surface area contributed by atoms with E-state index in [-0.39, 0.29) is 12.5 Å². The molecule has 0 saturated heterocycles. The molecule has 0 radical (unpaired) electrons. The zero-order chi connectivity index (χ0) is 13.9. The summed E-state index contributed by atoms with van der Waals surface area (Å²) in [4.78, 5) is 21.6. The van der Waals surface area contributed by atoms with Crippen LogP contribution in [0.4, 0.5) is 4.79 Å². The van der Waals surface area contributed by atoms with Gasteiger partial charge in [0, 0.05) is 19.5 Å². The van der Waals surface area contributed by atoms with Gasteiger partial charge in [0.15, 0.2) is 0 Å². The maximum atomic E-state index is 11.3. The minimum atomic E-state index is -0.843. The average molecular weight is 264 g/mol. The molecule has 0 bridgehead atoms. The second-order valence-corrected chi connectivity index (χ2v) is 4.27. The summed E-state index contributed by atoms with van der Waals surface area (Å²) >= 11 is 0. The molecular weight excluding hydrogens is 244 g/mol. The van der Waals surface area contributed by atoms with Crippen molar-refractivity contribution in [3.8, 4) is 0 Å². The van der Waals surface area contributed by atoms with Crippen LogP contribution in [0.15, 0.2) is 30.3 Å². The highest BCUT2D eigenvalue weighted by Gasteiger charge is 2.00. The zero-order valence-corrected chi connectivity index (χ0v) is 10.9. The van der Waals surface area contributed by atoms with Crippen LogP contribution < -0.4 is 10.6 Å². The van der Waals surface area contributed by atoms with E-state index in [1.165, 1.54) is 5.56 Å². The van der Waals surface area contributed by atoms with E-state index in [4.69, 9.17) is 5.11 Å². The predicted octanol–water partition coefficient (Wildman–Crippen LogP) is 1.78. The number of benzene rings is 1. The number of rotatable bonds is 8. The molecule has 1 aromatic rings. The molecule has 0 fully saturated rings. The van der Waals surface area contributed by atoms with Crippen LogP contribution in [-0.2, 0) is 11.2 Å². The summed E-state index contributed by atoms with van der Waals surface area (Å²) in [7, 11) is 0. The Morgan fingerprint density at radius 2 is 1.63 bits per heavy atom. The van der Waals surface area contributed by atoms with E-state index in [2.05, 4.69) is 22.8 Å². The zero-order valence-electron chi connectivity index (χ0n) is 10.9. The van der Waals surface area contributed by atoms with Crippen molar-refractivity contribution in [1.29, 1.82) is 0 Å². The molecule has 5 nitrogen and oxygen atoms in total. The van der Waals surface area contributed by atoms with Crippen molar-refractivity contribution in [3.63, 3.8) is 0 Å². The number of nitrogens with one attached hydrogen (secondary N) is 2. The number of carbonyl (C=O) groups is 2. The van der Waals surface area contributed by atoms with E-state index in [9.17, 15) is 9.59 Å². The van der Waals surface area contributed by atoms with Crippen molar-refractivity contribution in [2.24, 2.45) is 0 Å². The number of amides is 2. The van der Waals surface area contributed by atoms with Gasteiger partial charge in [-0.3, -0.25) is 4.79 Å². The quantitative estimate of drug-likeness (QED) is 0.626. The van der Waals surface area contributed by atoms with Crippen molar-refractivity contribution in [2.75, 3.05) is 13.1 Å². The Balaban J connectivity index is 2.00. The normalized spacial score (nSPS) is 9.89. The summed E-state index contributed by atoms with van der Waals surface area (Å²) in [5.74, 6) is -0.843. The number of carboxylic acid groups (broad SMARTS) is 1. The summed E-state index contributed by atoms with van der Waals surface area (Å²) in [6, 6.07) is 9.86. The van der Waals surface area contributed by atoms with Gasteiger partial charge in [-0.05, 0) is 24.8 Å². The van der Waals surface area contributed by atoms with E-state index in [0.29, 0.717) is 19.5 Å². The van der Waals surface area contributed by atoms with E-state index < -0.39 is 5.97 Å². The van der Waals surface area contributed by atoms with Gasteiger partial charge in [-0.25, -0.2) is 4.79 Å².